The number of carbonyl (C=O) groups is 1. The number of hydrogen-bond acceptors (Lipinski definition) is 4. The summed E-state index contributed by atoms with van der Waals surface area (Å²) in [6, 6.07) is 2.14. The summed E-state index contributed by atoms with van der Waals surface area (Å²) in [4.78, 5) is 15.7. The molecule has 21 heavy (non-hydrogen) atoms. The number of ether oxygens (including phenoxy) is 2. The second-order valence-electron chi connectivity index (χ2n) is 6.22. The first-order valence-electron chi connectivity index (χ1n) is 7.93. The van der Waals surface area contributed by atoms with Crippen LogP contribution in [0, 0.1) is 5.92 Å². The van der Waals surface area contributed by atoms with Gasteiger partial charge in [0.1, 0.15) is 0 Å². The van der Waals surface area contributed by atoms with E-state index in [4.69, 9.17) is 9.47 Å². The second kappa shape index (κ2) is 5.71. The second-order valence-corrected chi connectivity index (χ2v) is 7.14. The van der Waals surface area contributed by atoms with E-state index >= 15 is 0 Å². The molecule has 0 unspecified atom stereocenters. The zero-order chi connectivity index (χ0) is 14.2. The Balaban J connectivity index is 1.38. The van der Waals surface area contributed by atoms with Crippen LogP contribution in [-0.2, 0) is 9.47 Å². The van der Waals surface area contributed by atoms with Gasteiger partial charge in [-0.25, -0.2) is 0 Å². The summed E-state index contributed by atoms with van der Waals surface area (Å²) in [5, 5.41) is 2.06. The van der Waals surface area contributed by atoms with Gasteiger partial charge in [0.05, 0.1) is 18.1 Å². The Kier molecular flexibility index (Phi) is 3.73. The van der Waals surface area contributed by atoms with E-state index in [0.29, 0.717) is 25.0 Å². The summed E-state index contributed by atoms with van der Waals surface area (Å²) in [6.07, 6.45) is 4.43. The number of likely N-dealkylation sites (tertiary alicyclic amines) is 1. The maximum absolute atomic E-state index is 12.7. The van der Waals surface area contributed by atoms with Gasteiger partial charge >= 0.3 is 0 Å². The smallest absolute Gasteiger partial charge is 0.264 e. The summed E-state index contributed by atoms with van der Waals surface area (Å²) >= 11 is 1.61. The summed E-state index contributed by atoms with van der Waals surface area (Å²) in [5.74, 6) is 1.33. The van der Waals surface area contributed by atoms with Crippen LogP contribution < -0.4 is 0 Å². The van der Waals surface area contributed by atoms with Crippen LogP contribution in [0.15, 0.2) is 11.4 Å². The lowest BCUT2D eigenvalue weighted by Crippen LogP contribution is -2.41. The van der Waals surface area contributed by atoms with Crippen molar-refractivity contribution in [2.75, 3.05) is 26.3 Å². The molecule has 1 amide bonds. The van der Waals surface area contributed by atoms with Crippen LogP contribution in [0.5, 0.6) is 0 Å². The lowest BCUT2D eigenvalue weighted by molar-refractivity contribution is -0.0956. The molecule has 2 aliphatic heterocycles. The maximum Gasteiger partial charge on any atom is 0.264 e. The van der Waals surface area contributed by atoms with Crippen molar-refractivity contribution in [1.29, 1.82) is 0 Å². The molecule has 4 nitrogen and oxygen atoms in total. The average molecular weight is 307 g/mol. The fraction of sp³-hybridized carbons (Fsp3) is 0.688. The fourth-order valence-corrected chi connectivity index (χ4v) is 4.33. The van der Waals surface area contributed by atoms with Crippen LogP contribution in [0.4, 0.5) is 0 Å². The van der Waals surface area contributed by atoms with Crippen molar-refractivity contribution >= 4 is 17.2 Å². The van der Waals surface area contributed by atoms with Gasteiger partial charge in [-0.1, -0.05) is 0 Å². The molecule has 1 saturated carbocycles. The van der Waals surface area contributed by atoms with Gasteiger partial charge in [0.25, 0.3) is 5.91 Å². The first-order valence-corrected chi connectivity index (χ1v) is 8.81. The minimum absolute atomic E-state index is 0.0361. The van der Waals surface area contributed by atoms with E-state index in [2.05, 4.69) is 11.4 Å². The van der Waals surface area contributed by atoms with Crippen molar-refractivity contribution in [2.45, 2.75) is 37.9 Å². The molecule has 3 fully saturated rings. The van der Waals surface area contributed by atoms with Crippen molar-refractivity contribution in [3.05, 3.63) is 21.9 Å². The lowest BCUT2D eigenvalue weighted by Gasteiger charge is -2.33. The highest BCUT2D eigenvalue weighted by atomic mass is 32.1. The van der Waals surface area contributed by atoms with Crippen molar-refractivity contribution in [3.8, 4) is 0 Å². The standard InChI is InChI=1S/C16H21NO3S/c18-15(14-13(5-10-21-14)11-1-2-11)17-6-3-12(4-7-17)16-19-8-9-20-16/h5,10-12,16H,1-4,6-9H2. The van der Waals surface area contributed by atoms with Crippen molar-refractivity contribution < 1.29 is 14.3 Å². The van der Waals surface area contributed by atoms with Crippen molar-refractivity contribution in [3.63, 3.8) is 0 Å². The first kappa shape index (κ1) is 13.7. The highest BCUT2D eigenvalue weighted by Gasteiger charge is 2.34. The van der Waals surface area contributed by atoms with Gasteiger partial charge in [0.2, 0.25) is 0 Å². The monoisotopic (exact) mass is 307 g/mol. The minimum Gasteiger partial charge on any atom is -0.350 e. The van der Waals surface area contributed by atoms with E-state index in [1.54, 1.807) is 11.3 Å². The number of hydrogen-bond donors (Lipinski definition) is 0. The zero-order valence-corrected chi connectivity index (χ0v) is 12.9. The van der Waals surface area contributed by atoms with Crippen LogP contribution in [0.3, 0.4) is 0 Å². The number of amides is 1. The van der Waals surface area contributed by atoms with Gasteiger partial charge in [-0.3, -0.25) is 4.79 Å². The molecule has 4 rings (SSSR count). The van der Waals surface area contributed by atoms with Gasteiger partial charge in [0.15, 0.2) is 6.29 Å². The quantitative estimate of drug-likeness (QED) is 0.862. The van der Waals surface area contributed by atoms with Crippen molar-refractivity contribution in [1.82, 2.24) is 4.90 Å². The fourth-order valence-electron chi connectivity index (χ4n) is 3.38. The third-order valence-electron chi connectivity index (χ3n) is 4.77. The molecular weight excluding hydrogens is 286 g/mol. The van der Waals surface area contributed by atoms with Gasteiger partial charge in [-0.15, -0.1) is 11.3 Å². The van der Waals surface area contributed by atoms with Crippen LogP contribution in [0.2, 0.25) is 0 Å². The van der Waals surface area contributed by atoms with Crippen LogP contribution in [0.1, 0.15) is 46.8 Å². The molecule has 0 N–H and O–H groups in total. The van der Waals surface area contributed by atoms with E-state index in [1.807, 2.05) is 4.90 Å². The van der Waals surface area contributed by atoms with E-state index < -0.39 is 0 Å². The molecule has 114 valence electrons. The van der Waals surface area contributed by atoms with Crippen LogP contribution in [0.25, 0.3) is 0 Å². The zero-order valence-electron chi connectivity index (χ0n) is 12.1. The molecule has 5 heteroatoms. The molecular formula is C16H21NO3S. The summed E-state index contributed by atoms with van der Waals surface area (Å²) < 4.78 is 11.2. The number of rotatable bonds is 3. The van der Waals surface area contributed by atoms with E-state index in [9.17, 15) is 4.79 Å². The van der Waals surface area contributed by atoms with E-state index in [-0.39, 0.29) is 12.2 Å². The molecule has 1 aromatic heterocycles. The molecule has 0 aromatic carbocycles. The largest absolute Gasteiger partial charge is 0.350 e. The predicted molar refractivity (Wildman–Crippen MR) is 80.6 cm³/mol. The molecule has 3 aliphatic rings. The average Bonchev–Trinajstić information content (AvgIpc) is 3.05. The summed E-state index contributed by atoms with van der Waals surface area (Å²) in [5.41, 5.74) is 1.29. The van der Waals surface area contributed by atoms with Gasteiger partial charge in [0, 0.05) is 19.0 Å². The van der Waals surface area contributed by atoms with Crippen molar-refractivity contribution in [2.24, 2.45) is 5.92 Å². The Morgan fingerprint density at radius 1 is 1.14 bits per heavy atom. The summed E-state index contributed by atoms with van der Waals surface area (Å²) in [6.45, 7) is 3.08. The molecule has 2 saturated heterocycles. The Hall–Kier alpha value is -0.910. The molecule has 0 atom stereocenters. The number of nitrogens with zero attached hydrogens (tertiary/aromatic N) is 1. The van der Waals surface area contributed by atoms with Crippen LogP contribution in [-0.4, -0.2) is 43.4 Å². The number of carbonyl (C=O) groups excluding carboxylic acids is 1. The lowest BCUT2D eigenvalue weighted by atomic mass is 9.96. The number of thiophene rings is 1. The third kappa shape index (κ3) is 2.74. The molecule has 0 spiro atoms. The minimum atomic E-state index is -0.0361. The summed E-state index contributed by atoms with van der Waals surface area (Å²) in [7, 11) is 0. The Morgan fingerprint density at radius 3 is 2.52 bits per heavy atom. The molecule has 1 aromatic rings. The normalized spacial score (nSPS) is 24.7. The Bertz CT molecular complexity index is 511. The molecule has 1 aliphatic carbocycles. The molecule has 0 radical (unpaired) electrons. The highest BCUT2D eigenvalue weighted by molar-refractivity contribution is 7.12. The number of piperidine rings is 1. The Labute approximate surface area is 129 Å². The van der Waals surface area contributed by atoms with Gasteiger partial charge in [-0.2, -0.15) is 0 Å². The van der Waals surface area contributed by atoms with E-state index in [0.717, 1.165) is 30.8 Å². The molecule has 3 heterocycles. The maximum atomic E-state index is 12.7. The van der Waals surface area contributed by atoms with E-state index in [1.165, 1.54) is 18.4 Å². The van der Waals surface area contributed by atoms with Crippen LogP contribution >= 0.6 is 11.3 Å². The SMILES string of the molecule is O=C(c1sccc1C1CC1)N1CCC(C2OCCO2)CC1. The van der Waals surface area contributed by atoms with Gasteiger partial charge < -0.3 is 14.4 Å². The molecule has 0 bridgehead atoms. The topological polar surface area (TPSA) is 38.8 Å². The van der Waals surface area contributed by atoms with Gasteiger partial charge in [-0.05, 0) is 48.6 Å². The highest BCUT2D eigenvalue weighted by Crippen LogP contribution is 2.43. The first-order chi connectivity index (χ1) is 10.3. The Morgan fingerprint density at radius 2 is 1.86 bits per heavy atom. The predicted octanol–water partition coefficient (Wildman–Crippen LogP) is 2.85. The third-order valence-corrected chi connectivity index (χ3v) is 5.68.